The van der Waals surface area contributed by atoms with Gasteiger partial charge in [-0.25, -0.2) is 4.68 Å². The second-order valence-corrected chi connectivity index (χ2v) is 7.42. The first-order valence-corrected chi connectivity index (χ1v) is 8.59. The van der Waals surface area contributed by atoms with Gasteiger partial charge in [-0.2, -0.15) is 10.2 Å². The molecule has 0 atom stereocenters. The standard InChI is InChI=1S/C19H20N6O2/c1-19(2,3)13-10-12(24-27-13)18(26)20-16-14-15(11-8-6-5-7-9-11)23-25(4)17(14)22-21-16/h5-10H,1-4H3,(H2,20,21,22,26). The molecule has 138 valence electrons. The Morgan fingerprint density at radius 2 is 1.96 bits per heavy atom. The monoisotopic (exact) mass is 364 g/mol. The minimum atomic E-state index is -0.373. The average molecular weight is 364 g/mol. The van der Waals surface area contributed by atoms with Crippen molar-refractivity contribution < 1.29 is 9.32 Å². The summed E-state index contributed by atoms with van der Waals surface area (Å²) in [7, 11) is 1.81. The van der Waals surface area contributed by atoms with Gasteiger partial charge in [-0.3, -0.25) is 9.89 Å². The summed E-state index contributed by atoms with van der Waals surface area (Å²) in [6, 6.07) is 11.4. The van der Waals surface area contributed by atoms with E-state index in [1.807, 2.05) is 58.2 Å². The van der Waals surface area contributed by atoms with Crippen molar-refractivity contribution in [2.24, 2.45) is 7.05 Å². The van der Waals surface area contributed by atoms with Crippen LogP contribution in [0.15, 0.2) is 40.9 Å². The van der Waals surface area contributed by atoms with Crippen LogP contribution in [0, 0.1) is 0 Å². The molecule has 8 nitrogen and oxygen atoms in total. The number of nitrogens with zero attached hydrogens (tertiary/aromatic N) is 4. The number of aromatic nitrogens is 5. The molecule has 0 saturated heterocycles. The molecule has 4 rings (SSSR count). The third kappa shape index (κ3) is 2.99. The van der Waals surface area contributed by atoms with Crippen molar-refractivity contribution in [1.82, 2.24) is 25.1 Å². The largest absolute Gasteiger partial charge is 0.360 e. The van der Waals surface area contributed by atoms with Crippen LogP contribution < -0.4 is 5.32 Å². The molecule has 0 radical (unpaired) electrons. The number of anilines is 1. The van der Waals surface area contributed by atoms with E-state index in [2.05, 4.69) is 25.8 Å². The summed E-state index contributed by atoms with van der Waals surface area (Å²) in [4.78, 5) is 12.6. The number of hydrogen-bond donors (Lipinski definition) is 2. The molecule has 27 heavy (non-hydrogen) atoms. The normalized spacial score (nSPS) is 11.9. The maximum absolute atomic E-state index is 12.6. The van der Waals surface area contributed by atoms with Crippen molar-refractivity contribution in [3.63, 3.8) is 0 Å². The average Bonchev–Trinajstić information content (AvgIpc) is 3.33. The second-order valence-electron chi connectivity index (χ2n) is 7.42. The number of aryl methyl sites for hydroxylation is 1. The predicted molar refractivity (Wildman–Crippen MR) is 101 cm³/mol. The number of amides is 1. The number of benzene rings is 1. The maximum Gasteiger partial charge on any atom is 0.279 e. The summed E-state index contributed by atoms with van der Waals surface area (Å²) in [5.74, 6) is 0.749. The van der Waals surface area contributed by atoms with Gasteiger partial charge in [0.15, 0.2) is 11.3 Å². The van der Waals surface area contributed by atoms with Gasteiger partial charge in [-0.05, 0) is 0 Å². The van der Waals surface area contributed by atoms with Crippen molar-refractivity contribution in [3.05, 3.63) is 47.9 Å². The zero-order valence-corrected chi connectivity index (χ0v) is 15.6. The van der Waals surface area contributed by atoms with Crippen molar-refractivity contribution in [1.29, 1.82) is 0 Å². The SMILES string of the molecule is Cn1nc(-c2ccccc2)c2c(NC(=O)c3cc(C(C)(C)C)on3)[nH]nc21. The molecule has 0 bridgehead atoms. The predicted octanol–water partition coefficient (Wildman–Crippen LogP) is 3.50. The molecule has 0 aliphatic rings. The fourth-order valence-corrected chi connectivity index (χ4v) is 2.84. The zero-order valence-electron chi connectivity index (χ0n) is 15.6. The van der Waals surface area contributed by atoms with Crippen molar-refractivity contribution in [2.75, 3.05) is 5.32 Å². The van der Waals surface area contributed by atoms with Gasteiger partial charge in [0.2, 0.25) is 0 Å². The van der Waals surface area contributed by atoms with Crippen LogP contribution in [-0.4, -0.2) is 31.0 Å². The van der Waals surface area contributed by atoms with Crippen LogP contribution in [-0.2, 0) is 12.5 Å². The molecule has 8 heteroatoms. The van der Waals surface area contributed by atoms with E-state index >= 15 is 0 Å². The fraction of sp³-hybridized carbons (Fsp3) is 0.263. The minimum Gasteiger partial charge on any atom is -0.360 e. The molecule has 2 N–H and O–H groups in total. The molecular weight excluding hydrogens is 344 g/mol. The molecule has 0 aliphatic heterocycles. The number of carbonyl (C=O) groups excluding carboxylic acids is 1. The number of aromatic amines is 1. The fourth-order valence-electron chi connectivity index (χ4n) is 2.84. The molecule has 0 spiro atoms. The highest BCUT2D eigenvalue weighted by molar-refractivity contribution is 6.09. The van der Waals surface area contributed by atoms with E-state index in [0.717, 1.165) is 16.6 Å². The molecule has 1 aromatic carbocycles. The van der Waals surface area contributed by atoms with Crippen molar-refractivity contribution in [3.8, 4) is 11.3 Å². The second kappa shape index (κ2) is 6.08. The highest BCUT2D eigenvalue weighted by Crippen LogP contribution is 2.32. The minimum absolute atomic E-state index is 0.216. The molecule has 1 amide bonds. The topological polar surface area (TPSA) is 102 Å². The number of carbonyl (C=O) groups is 1. The van der Waals surface area contributed by atoms with E-state index in [-0.39, 0.29) is 17.0 Å². The van der Waals surface area contributed by atoms with Gasteiger partial charge in [0.05, 0.1) is 5.39 Å². The lowest BCUT2D eigenvalue weighted by molar-refractivity contribution is 0.101. The van der Waals surface area contributed by atoms with E-state index in [0.29, 0.717) is 17.2 Å². The molecule has 0 fully saturated rings. The highest BCUT2D eigenvalue weighted by atomic mass is 16.5. The van der Waals surface area contributed by atoms with Crippen LogP contribution >= 0.6 is 0 Å². The summed E-state index contributed by atoms with van der Waals surface area (Å²) in [5, 5.41) is 19.2. The Morgan fingerprint density at radius 3 is 2.63 bits per heavy atom. The zero-order chi connectivity index (χ0) is 19.2. The number of rotatable bonds is 3. The van der Waals surface area contributed by atoms with E-state index in [1.165, 1.54) is 0 Å². The summed E-state index contributed by atoms with van der Waals surface area (Å²) in [5.41, 5.74) is 2.33. The Bertz CT molecular complexity index is 1110. The van der Waals surface area contributed by atoms with Gasteiger partial charge in [0.25, 0.3) is 5.91 Å². The lowest BCUT2D eigenvalue weighted by atomic mass is 9.93. The molecule has 3 heterocycles. The molecule has 0 saturated carbocycles. The van der Waals surface area contributed by atoms with Crippen LogP contribution in [0.1, 0.15) is 37.0 Å². The maximum atomic E-state index is 12.6. The summed E-state index contributed by atoms with van der Waals surface area (Å²) < 4.78 is 6.98. The Balaban J connectivity index is 1.70. The lowest BCUT2D eigenvalue weighted by Gasteiger charge is -2.12. The van der Waals surface area contributed by atoms with E-state index < -0.39 is 0 Å². The van der Waals surface area contributed by atoms with Crippen LogP contribution in [0.4, 0.5) is 5.82 Å². The molecular formula is C19H20N6O2. The van der Waals surface area contributed by atoms with Gasteiger partial charge in [0, 0.05) is 24.1 Å². The van der Waals surface area contributed by atoms with Crippen LogP contribution in [0.5, 0.6) is 0 Å². The summed E-state index contributed by atoms with van der Waals surface area (Å²) >= 11 is 0. The van der Waals surface area contributed by atoms with Crippen molar-refractivity contribution >= 4 is 22.8 Å². The number of hydrogen-bond acceptors (Lipinski definition) is 5. The summed E-state index contributed by atoms with van der Waals surface area (Å²) in [6.45, 7) is 5.99. The first kappa shape index (κ1) is 17.0. The molecule has 0 aliphatic carbocycles. The number of nitrogens with one attached hydrogen (secondary N) is 2. The van der Waals surface area contributed by atoms with Crippen LogP contribution in [0.3, 0.4) is 0 Å². The lowest BCUT2D eigenvalue weighted by Crippen LogP contribution is -2.13. The first-order chi connectivity index (χ1) is 12.8. The molecule has 0 unspecified atom stereocenters. The van der Waals surface area contributed by atoms with Gasteiger partial charge >= 0.3 is 0 Å². The van der Waals surface area contributed by atoms with E-state index in [1.54, 1.807) is 10.7 Å². The van der Waals surface area contributed by atoms with Gasteiger partial charge in [-0.15, -0.1) is 0 Å². The van der Waals surface area contributed by atoms with Crippen molar-refractivity contribution in [2.45, 2.75) is 26.2 Å². The number of H-pyrrole nitrogens is 1. The number of fused-ring (bicyclic) bond motifs is 1. The van der Waals surface area contributed by atoms with Crippen LogP contribution in [0.2, 0.25) is 0 Å². The highest BCUT2D eigenvalue weighted by Gasteiger charge is 2.24. The third-order valence-corrected chi connectivity index (χ3v) is 4.31. The Hall–Kier alpha value is -3.42. The Kier molecular flexibility index (Phi) is 3.83. The Labute approximate surface area is 155 Å². The quantitative estimate of drug-likeness (QED) is 0.579. The van der Waals surface area contributed by atoms with E-state index in [4.69, 9.17) is 4.52 Å². The summed E-state index contributed by atoms with van der Waals surface area (Å²) in [6.07, 6.45) is 0. The van der Waals surface area contributed by atoms with Crippen LogP contribution in [0.25, 0.3) is 22.3 Å². The molecule has 4 aromatic rings. The van der Waals surface area contributed by atoms with Gasteiger partial charge < -0.3 is 9.84 Å². The molecule has 3 aromatic heterocycles. The Morgan fingerprint density at radius 1 is 1.22 bits per heavy atom. The van der Waals surface area contributed by atoms with Gasteiger partial charge in [-0.1, -0.05) is 56.3 Å². The van der Waals surface area contributed by atoms with E-state index in [9.17, 15) is 4.79 Å². The smallest absolute Gasteiger partial charge is 0.279 e. The third-order valence-electron chi connectivity index (χ3n) is 4.31. The first-order valence-electron chi connectivity index (χ1n) is 8.59. The van der Waals surface area contributed by atoms with Gasteiger partial charge in [0.1, 0.15) is 17.3 Å².